The lowest BCUT2D eigenvalue weighted by atomic mass is 10.2. The van der Waals surface area contributed by atoms with Crippen molar-refractivity contribution in [2.45, 2.75) is 6.92 Å². The number of rotatable bonds is 5. The summed E-state index contributed by atoms with van der Waals surface area (Å²) in [5.41, 5.74) is 2.58. The van der Waals surface area contributed by atoms with Crippen molar-refractivity contribution in [2.75, 3.05) is 5.43 Å². The van der Waals surface area contributed by atoms with Crippen LogP contribution in [0.15, 0.2) is 47.8 Å². The first kappa shape index (κ1) is 15.8. The Morgan fingerprint density at radius 2 is 1.96 bits per heavy atom. The third-order valence-electron chi connectivity index (χ3n) is 2.93. The molecule has 2 rings (SSSR count). The number of nitro benzene ring substituents is 2. The van der Waals surface area contributed by atoms with Gasteiger partial charge >= 0.3 is 5.69 Å². The molecule has 0 amide bonds. The molecule has 0 saturated heterocycles. The van der Waals surface area contributed by atoms with Crippen molar-refractivity contribution in [2.24, 2.45) is 5.10 Å². The fraction of sp³-hybridized carbons (Fsp3) is 0.0769. The van der Waals surface area contributed by atoms with E-state index < -0.39 is 21.2 Å². The maximum atomic E-state index is 11.2. The number of nitro groups is 2. The summed E-state index contributed by atoms with van der Waals surface area (Å²) in [5.74, 6) is 0. The zero-order chi connectivity index (χ0) is 17.0. The molecular weight excluding hydrogens is 306 g/mol. The molecule has 118 valence electrons. The van der Waals surface area contributed by atoms with Gasteiger partial charge in [-0.3, -0.25) is 25.7 Å². The second-order valence-corrected chi connectivity index (χ2v) is 4.48. The molecule has 0 radical (unpaired) electrons. The standard InChI is InChI=1S/C13H11N5O5/c1-9(10-3-2-6-16(19)8-10)14-15-12-5-4-11(17(20)21)7-13(12)18(22)23/h2-8,15H,1H3/b14-9+. The summed E-state index contributed by atoms with van der Waals surface area (Å²) in [6.45, 7) is 1.61. The molecule has 0 saturated carbocycles. The predicted molar refractivity (Wildman–Crippen MR) is 81.0 cm³/mol. The Kier molecular flexibility index (Phi) is 4.45. The van der Waals surface area contributed by atoms with Gasteiger partial charge in [-0.1, -0.05) is 0 Å². The largest absolute Gasteiger partial charge is 0.619 e. The monoisotopic (exact) mass is 317 g/mol. The SMILES string of the molecule is C/C(=N\Nc1ccc([N+](=O)[O-])cc1[N+](=O)[O-])c1ccc[n+]([O-])c1. The molecule has 0 bridgehead atoms. The van der Waals surface area contributed by atoms with Gasteiger partial charge in [0.05, 0.1) is 27.2 Å². The first-order valence-corrected chi connectivity index (χ1v) is 6.31. The highest BCUT2D eigenvalue weighted by molar-refractivity contribution is 5.98. The maximum Gasteiger partial charge on any atom is 0.301 e. The number of anilines is 1. The van der Waals surface area contributed by atoms with Crippen molar-refractivity contribution < 1.29 is 14.6 Å². The van der Waals surface area contributed by atoms with E-state index in [1.165, 1.54) is 24.5 Å². The van der Waals surface area contributed by atoms with Gasteiger partial charge in [-0.2, -0.15) is 9.83 Å². The van der Waals surface area contributed by atoms with Gasteiger partial charge in [-0.05, 0) is 19.1 Å². The highest BCUT2D eigenvalue weighted by Gasteiger charge is 2.19. The molecule has 10 heteroatoms. The summed E-state index contributed by atoms with van der Waals surface area (Å²) < 4.78 is 0.600. The molecule has 0 fully saturated rings. The van der Waals surface area contributed by atoms with Crippen molar-refractivity contribution in [3.8, 4) is 0 Å². The summed E-state index contributed by atoms with van der Waals surface area (Å²) in [4.78, 5) is 20.2. The van der Waals surface area contributed by atoms with Gasteiger partial charge in [0, 0.05) is 12.1 Å². The fourth-order valence-electron chi connectivity index (χ4n) is 1.76. The van der Waals surface area contributed by atoms with Gasteiger partial charge in [0.15, 0.2) is 12.4 Å². The Bertz CT molecular complexity index is 805. The van der Waals surface area contributed by atoms with Crippen LogP contribution in [0, 0.1) is 25.4 Å². The van der Waals surface area contributed by atoms with Crippen LogP contribution in [0.25, 0.3) is 0 Å². The summed E-state index contributed by atoms with van der Waals surface area (Å²) in [6.07, 6.45) is 2.61. The van der Waals surface area contributed by atoms with Crippen molar-refractivity contribution in [1.82, 2.24) is 0 Å². The van der Waals surface area contributed by atoms with Crippen LogP contribution in [-0.4, -0.2) is 15.6 Å². The summed E-state index contributed by atoms with van der Waals surface area (Å²) in [7, 11) is 0. The van der Waals surface area contributed by atoms with E-state index in [1.54, 1.807) is 13.0 Å². The summed E-state index contributed by atoms with van der Waals surface area (Å²) >= 11 is 0. The maximum absolute atomic E-state index is 11.2. The molecule has 0 aliphatic carbocycles. The molecule has 10 nitrogen and oxygen atoms in total. The Morgan fingerprint density at radius 3 is 2.57 bits per heavy atom. The van der Waals surface area contributed by atoms with Gasteiger partial charge < -0.3 is 5.21 Å². The quantitative estimate of drug-likeness (QED) is 0.294. The number of nitrogens with one attached hydrogen (secondary N) is 1. The van der Waals surface area contributed by atoms with Crippen LogP contribution in [-0.2, 0) is 0 Å². The number of aromatic nitrogens is 1. The number of nitrogens with zero attached hydrogens (tertiary/aromatic N) is 4. The highest BCUT2D eigenvalue weighted by Crippen LogP contribution is 2.28. The molecular formula is C13H11N5O5. The van der Waals surface area contributed by atoms with E-state index in [1.807, 2.05) is 0 Å². The molecule has 0 unspecified atom stereocenters. The van der Waals surface area contributed by atoms with E-state index in [-0.39, 0.29) is 5.69 Å². The lowest BCUT2D eigenvalue weighted by molar-refractivity contribution is -0.605. The third-order valence-corrected chi connectivity index (χ3v) is 2.93. The summed E-state index contributed by atoms with van der Waals surface area (Å²) in [5, 5.41) is 36.8. The van der Waals surface area contributed by atoms with E-state index in [0.29, 0.717) is 16.0 Å². The van der Waals surface area contributed by atoms with Gasteiger partial charge in [-0.15, -0.1) is 0 Å². The van der Waals surface area contributed by atoms with Crippen molar-refractivity contribution in [1.29, 1.82) is 0 Å². The second-order valence-electron chi connectivity index (χ2n) is 4.48. The van der Waals surface area contributed by atoms with Gasteiger partial charge in [0.2, 0.25) is 0 Å². The second kappa shape index (κ2) is 6.47. The molecule has 1 aromatic carbocycles. The molecule has 2 aromatic rings. The van der Waals surface area contributed by atoms with Crippen LogP contribution in [0.5, 0.6) is 0 Å². The Labute approximate surface area is 129 Å². The average Bonchev–Trinajstić information content (AvgIpc) is 2.52. The average molecular weight is 317 g/mol. The van der Waals surface area contributed by atoms with Crippen molar-refractivity contribution in [3.05, 3.63) is 73.7 Å². The Hall–Kier alpha value is -3.56. The van der Waals surface area contributed by atoms with Gasteiger partial charge in [-0.25, -0.2) is 0 Å². The number of non-ortho nitro benzene ring substituents is 1. The summed E-state index contributed by atoms with van der Waals surface area (Å²) in [6, 6.07) is 6.37. The van der Waals surface area contributed by atoms with Gasteiger partial charge in [0.1, 0.15) is 5.69 Å². The number of pyridine rings is 1. The molecule has 0 atom stereocenters. The van der Waals surface area contributed by atoms with E-state index in [0.717, 1.165) is 12.1 Å². The Balaban J connectivity index is 2.31. The molecule has 1 N–H and O–H groups in total. The molecule has 23 heavy (non-hydrogen) atoms. The lowest BCUT2D eigenvalue weighted by Gasteiger charge is -2.04. The molecule has 1 aromatic heterocycles. The number of hydrogen-bond donors (Lipinski definition) is 1. The Morgan fingerprint density at radius 1 is 1.22 bits per heavy atom. The number of hydrazone groups is 1. The number of hydrogen-bond acceptors (Lipinski definition) is 7. The van der Waals surface area contributed by atoms with E-state index in [9.17, 15) is 25.4 Å². The van der Waals surface area contributed by atoms with Crippen LogP contribution in [0.2, 0.25) is 0 Å². The molecule has 0 aliphatic rings. The van der Waals surface area contributed by atoms with Crippen LogP contribution < -0.4 is 10.2 Å². The minimum Gasteiger partial charge on any atom is -0.619 e. The molecule has 1 heterocycles. The van der Waals surface area contributed by atoms with Crippen molar-refractivity contribution >= 4 is 22.8 Å². The fourth-order valence-corrected chi connectivity index (χ4v) is 1.76. The first-order valence-electron chi connectivity index (χ1n) is 6.31. The van der Waals surface area contributed by atoms with E-state index in [4.69, 9.17) is 0 Å². The van der Waals surface area contributed by atoms with Crippen LogP contribution >= 0.6 is 0 Å². The van der Waals surface area contributed by atoms with Crippen LogP contribution in [0.3, 0.4) is 0 Å². The smallest absolute Gasteiger partial charge is 0.301 e. The van der Waals surface area contributed by atoms with Crippen LogP contribution in [0.1, 0.15) is 12.5 Å². The minimum absolute atomic E-state index is 0.00545. The van der Waals surface area contributed by atoms with E-state index >= 15 is 0 Å². The lowest BCUT2D eigenvalue weighted by Crippen LogP contribution is -2.25. The third kappa shape index (κ3) is 3.75. The molecule has 0 spiro atoms. The zero-order valence-electron chi connectivity index (χ0n) is 11.9. The number of benzene rings is 1. The molecule has 0 aliphatic heterocycles. The minimum atomic E-state index is -0.742. The predicted octanol–water partition coefficient (Wildman–Crippen LogP) is 1.97. The van der Waals surface area contributed by atoms with Crippen LogP contribution in [0.4, 0.5) is 17.1 Å². The topological polar surface area (TPSA) is 138 Å². The van der Waals surface area contributed by atoms with Gasteiger partial charge in [0.25, 0.3) is 5.69 Å². The highest BCUT2D eigenvalue weighted by atomic mass is 16.6. The first-order chi connectivity index (χ1) is 10.9. The van der Waals surface area contributed by atoms with Crippen molar-refractivity contribution in [3.63, 3.8) is 0 Å². The van der Waals surface area contributed by atoms with E-state index in [2.05, 4.69) is 10.5 Å². The zero-order valence-corrected chi connectivity index (χ0v) is 11.9. The normalized spacial score (nSPS) is 11.1.